The van der Waals surface area contributed by atoms with Crippen molar-refractivity contribution < 1.29 is 18.0 Å². The lowest BCUT2D eigenvalue weighted by Gasteiger charge is -2.15. The van der Waals surface area contributed by atoms with Crippen molar-refractivity contribution in [3.05, 3.63) is 84.2 Å². The van der Waals surface area contributed by atoms with Gasteiger partial charge in [0, 0.05) is 17.7 Å². The van der Waals surface area contributed by atoms with Crippen LogP contribution < -0.4 is 5.32 Å². The van der Waals surface area contributed by atoms with E-state index in [0.717, 1.165) is 36.9 Å². The fraction of sp³-hybridized carbons (Fsp3) is 0.200. The van der Waals surface area contributed by atoms with Crippen molar-refractivity contribution in [2.75, 3.05) is 5.32 Å². The molecule has 32 heavy (non-hydrogen) atoms. The lowest BCUT2D eigenvalue weighted by atomic mass is 10.1. The van der Waals surface area contributed by atoms with E-state index < -0.39 is 11.7 Å². The van der Waals surface area contributed by atoms with E-state index in [9.17, 15) is 13.6 Å². The summed E-state index contributed by atoms with van der Waals surface area (Å²) in [6.45, 7) is 0. The summed E-state index contributed by atoms with van der Waals surface area (Å²) in [5.74, 6) is -0.779. The van der Waals surface area contributed by atoms with Crippen molar-refractivity contribution in [3.63, 3.8) is 0 Å². The number of nitrogens with one attached hydrogen (secondary N) is 1. The Balaban J connectivity index is 1.50. The van der Waals surface area contributed by atoms with Crippen LogP contribution in [0.4, 0.5) is 14.7 Å². The maximum Gasteiger partial charge on any atom is 0.260 e. The van der Waals surface area contributed by atoms with E-state index in [1.54, 1.807) is 36.7 Å². The van der Waals surface area contributed by atoms with Crippen LogP contribution in [0, 0.1) is 11.6 Å². The van der Waals surface area contributed by atoms with Crippen LogP contribution in [0.3, 0.4) is 0 Å². The number of anilines is 1. The first kappa shape index (κ1) is 20.2. The maximum absolute atomic E-state index is 13.9. The average molecular weight is 433 g/mol. The minimum absolute atomic E-state index is 0.0616. The Morgan fingerprint density at radius 3 is 2.50 bits per heavy atom. The van der Waals surface area contributed by atoms with E-state index in [1.165, 1.54) is 30.3 Å². The van der Waals surface area contributed by atoms with Crippen LogP contribution in [0.15, 0.2) is 71.4 Å². The van der Waals surface area contributed by atoms with Crippen molar-refractivity contribution in [2.24, 2.45) is 0 Å². The largest absolute Gasteiger partial charge is 0.439 e. The van der Waals surface area contributed by atoms with Crippen LogP contribution in [0.5, 0.6) is 0 Å². The number of amides is 1. The number of carbonyl (C=O) groups excluding carboxylic acids is 1. The third-order valence-corrected chi connectivity index (χ3v) is 5.82. The lowest BCUT2D eigenvalue weighted by Crippen LogP contribution is -2.13. The molecule has 2 heterocycles. The second-order valence-electron chi connectivity index (χ2n) is 7.89. The highest BCUT2D eigenvalue weighted by Crippen LogP contribution is 2.39. The zero-order chi connectivity index (χ0) is 22.1. The Labute approximate surface area is 183 Å². The molecule has 0 radical (unpaired) electrons. The summed E-state index contributed by atoms with van der Waals surface area (Å²) in [5, 5.41) is 2.61. The summed E-state index contributed by atoms with van der Waals surface area (Å²) in [7, 11) is 0. The number of rotatable bonds is 5. The molecule has 2 aromatic carbocycles. The van der Waals surface area contributed by atoms with Crippen LogP contribution in [0.1, 0.15) is 42.1 Å². The number of hydrogen-bond donors (Lipinski definition) is 1. The molecule has 5 nitrogen and oxygen atoms in total. The molecule has 0 atom stereocenters. The second-order valence-corrected chi connectivity index (χ2v) is 7.89. The number of benzene rings is 2. The van der Waals surface area contributed by atoms with Gasteiger partial charge in [-0.15, -0.1) is 0 Å². The van der Waals surface area contributed by atoms with Crippen LogP contribution in [0.25, 0.3) is 22.7 Å². The van der Waals surface area contributed by atoms with E-state index in [2.05, 4.69) is 14.9 Å². The van der Waals surface area contributed by atoms with Crippen molar-refractivity contribution in [1.29, 1.82) is 0 Å². The Morgan fingerprint density at radius 2 is 1.75 bits per heavy atom. The normalized spacial score (nSPS) is 14.1. The fourth-order valence-electron chi connectivity index (χ4n) is 4.24. The zero-order valence-electron chi connectivity index (χ0n) is 17.2. The van der Waals surface area contributed by atoms with Gasteiger partial charge in [-0.3, -0.25) is 10.1 Å². The molecule has 2 aromatic heterocycles. The van der Waals surface area contributed by atoms with E-state index in [-0.39, 0.29) is 17.3 Å². The maximum atomic E-state index is 13.9. The highest BCUT2D eigenvalue weighted by atomic mass is 19.1. The third-order valence-electron chi connectivity index (χ3n) is 5.82. The van der Waals surface area contributed by atoms with E-state index >= 15 is 0 Å². The van der Waals surface area contributed by atoms with Crippen molar-refractivity contribution >= 4 is 11.8 Å². The third kappa shape index (κ3) is 3.82. The van der Waals surface area contributed by atoms with Crippen LogP contribution in [0.2, 0.25) is 0 Å². The number of carbonyl (C=O) groups is 1. The predicted octanol–water partition coefficient (Wildman–Crippen LogP) is 6.46. The van der Waals surface area contributed by atoms with Crippen molar-refractivity contribution in [2.45, 2.75) is 31.7 Å². The number of hydrogen-bond acceptors (Lipinski definition) is 3. The van der Waals surface area contributed by atoms with Gasteiger partial charge in [-0.25, -0.2) is 13.8 Å². The van der Waals surface area contributed by atoms with Gasteiger partial charge in [0.2, 0.25) is 5.88 Å². The number of nitrogens with zero attached hydrogens (tertiary/aromatic N) is 2. The molecule has 7 heteroatoms. The lowest BCUT2D eigenvalue weighted by molar-refractivity contribution is 0.102. The van der Waals surface area contributed by atoms with E-state index in [0.29, 0.717) is 17.5 Å². The molecule has 1 amide bonds. The van der Waals surface area contributed by atoms with Gasteiger partial charge in [0.15, 0.2) is 5.76 Å². The van der Waals surface area contributed by atoms with Crippen LogP contribution in [-0.4, -0.2) is 15.5 Å². The summed E-state index contributed by atoms with van der Waals surface area (Å²) in [6, 6.07) is 15.6. The van der Waals surface area contributed by atoms with Gasteiger partial charge >= 0.3 is 0 Å². The summed E-state index contributed by atoms with van der Waals surface area (Å²) in [5.41, 5.74) is 2.16. The highest BCUT2D eigenvalue weighted by molar-refractivity contribution is 6.03. The Bertz CT molecular complexity index is 1250. The quantitative estimate of drug-likeness (QED) is 0.393. The first-order chi connectivity index (χ1) is 15.6. The second kappa shape index (κ2) is 8.42. The molecule has 1 fully saturated rings. The first-order valence-corrected chi connectivity index (χ1v) is 10.6. The Kier molecular flexibility index (Phi) is 5.31. The van der Waals surface area contributed by atoms with Gasteiger partial charge in [-0.2, -0.15) is 0 Å². The SMILES string of the molecule is O=C(Nc1ccc(-c2c(-c3ccc(F)cc3)ncn2C2CCCC2)o1)c1ccccc1F. The van der Waals surface area contributed by atoms with Gasteiger partial charge in [-0.1, -0.05) is 25.0 Å². The number of aromatic nitrogens is 2. The van der Waals surface area contributed by atoms with Crippen molar-refractivity contribution in [3.8, 4) is 22.7 Å². The summed E-state index contributed by atoms with van der Waals surface area (Å²) >= 11 is 0. The Hall–Kier alpha value is -3.74. The molecule has 1 saturated carbocycles. The van der Waals surface area contributed by atoms with Crippen molar-refractivity contribution in [1.82, 2.24) is 9.55 Å². The monoisotopic (exact) mass is 433 g/mol. The number of imidazole rings is 1. The van der Waals surface area contributed by atoms with Gasteiger partial charge < -0.3 is 8.98 Å². The standard InChI is InChI=1S/C25H21F2N3O2/c26-17-11-9-16(10-12-17)23-24(30(15-28-23)18-5-1-2-6-18)21-13-14-22(32-21)29-25(31)19-7-3-4-8-20(19)27/h3-4,7-15,18H,1-2,5-6H2,(H,29,31). The minimum Gasteiger partial charge on any atom is -0.439 e. The number of furan rings is 1. The minimum atomic E-state index is -0.602. The molecule has 1 aliphatic rings. The van der Waals surface area contributed by atoms with Gasteiger partial charge in [-0.05, 0) is 55.3 Å². The topological polar surface area (TPSA) is 60.1 Å². The molecule has 162 valence electrons. The summed E-state index contributed by atoms with van der Waals surface area (Å²) in [4.78, 5) is 17.1. The zero-order valence-corrected chi connectivity index (χ0v) is 17.2. The molecule has 0 unspecified atom stereocenters. The van der Waals surface area contributed by atoms with E-state index in [4.69, 9.17) is 4.42 Å². The summed E-state index contributed by atoms with van der Waals surface area (Å²) < 4.78 is 35.5. The highest BCUT2D eigenvalue weighted by Gasteiger charge is 2.25. The Morgan fingerprint density at radius 1 is 1.00 bits per heavy atom. The fourth-order valence-corrected chi connectivity index (χ4v) is 4.24. The number of halogens is 2. The molecule has 1 aliphatic carbocycles. The van der Waals surface area contributed by atoms with Gasteiger partial charge in [0.05, 0.1) is 17.6 Å². The molecular weight excluding hydrogens is 412 g/mol. The smallest absolute Gasteiger partial charge is 0.260 e. The molecule has 0 bridgehead atoms. The molecule has 1 N–H and O–H groups in total. The molecular formula is C25H21F2N3O2. The van der Waals surface area contributed by atoms with Crippen LogP contribution in [-0.2, 0) is 0 Å². The summed E-state index contributed by atoms with van der Waals surface area (Å²) in [6.07, 6.45) is 6.18. The average Bonchev–Trinajstić information content (AvgIpc) is 3.55. The van der Waals surface area contributed by atoms with Gasteiger partial charge in [0.1, 0.15) is 17.3 Å². The molecule has 5 rings (SSSR count). The predicted molar refractivity (Wildman–Crippen MR) is 117 cm³/mol. The molecule has 4 aromatic rings. The van der Waals surface area contributed by atoms with Crippen LogP contribution >= 0.6 is 0 Å². The molecule has 0 spiro atoms. The van der Waals surface area contributed by atoms with Gasteiger partial charge in [0.25, 0.3) is 5.91 Å². The first-order valence-electron chi connectivity index (χ1n) is 10.6. The molecule has 0 saturated heterocycles. The van der Waals surface area contributed by atoms with E-state index in [1.807, 2.05) is 0 Å². The molecule has 0 aliphatic heterocycles.